The minimum atomic E-state index is -0.580. The van der Waals surface area contributed by atoms with Crippen molar-refractivity contribution in [2.24, 2.45) is 0 Å². The summed E-state index contributed by atoms with van der Waals surface area (Å²) in [6.45, 7) is 0. The minimum absolute atomic E-state index is 0.0672. The van der Waals surface area contributed by atoms with Crippen molar-refractivity contribution >= 4 is 33.1 Å². The fourth-order valence-corrected chi connectivity index (χ4v) is 4.10. The summed E-state index contributed by atoms with van der Waals surface area (Å²) in [5.41, 5.74) is -0.252. The molecule has 0 aliphatic heterocycles. The van der Waals surface area contributed by atoms with Crippen molar-refractivity contribution in [3.63, 3.8) is 0 Å². The number of benzene rings is 2. The van der Waals surface area contributed by atoms with Gasteiger partial charge in [0.05, 0.1) is 31.6 Å². The molecule has 0 spiro atoms. The van der Waals surface area contributed by atoms with E-state index in [4.69, 9.17) is 0 Å². The van der Waals surface area contributed by atoms with Gasteiger partial charge in [0.1, 0.15) is 0 Å². The Bertz CT molecular complexity index is 1420. The van der Waals surface area contributed by atoms with Crippen LogP contribution in [0.2, 0.25) is 0 Å². The molecule has 0 fully saturated rings. The molecule has 3 aromatic heterocycles. The van der Waals surface area contributed by atoms with Crippen molar-refractivity contribution < 1.29 is 10.4 Å². The van der Waals surface area contributed by atoms with Crippen LogP contribution < -0.4 is 11.1 Å². The first kappa shape index (κ1) is 17.1. The van der Waals surface area contributed by atoms with E-state index < -0.39 is 11.1 Å². The maximum absolute atomic E-state index is 12.4. The molecule has 0 aliphatic rings. The highest BCUT2D eigenvalue weighted by atomic mass is 32.1. The van der Waals surface area contributed by atoms with E-state index in [1.807, 2.05) is 0 Å². The second-order valence-corrected chi connectivity index (χ2v) is 7.39. The van der Waals surface area contributed by atoms with E-state index in [2.05, 4.69) is 9.97 Å². The molecule has 0 aliphatic carbocycles. The number of thiophene rings is 1. The van der Waals surface area contributed by atoms with Crippen LogP contribution in [0.25, 0.3) is 43.2 Å². The third kappa shape index (κ3) is 2.59. The van der Waals surface area contributed by atoms with E-state index in [9.17, 15) is 20.0 Å². The molecule has 29 heavy (non-hydrogen) atoms. The summed E-state index contributed by atoms with van der Waals surface area (Å²) in [5.74, 6) is 0.134. The predicted octanol–water partition coefficient (Wildman–Crippen LogP) is 2.98. The lowest BCUT2D eigenvalue weighted by Gasteiger charge is -2.06. The van der Waals surface area contributed by atoms with Gasteiger partial charge in [-0.25, -0.2) is 9.97 Å². The maximum Gasteiger partial charge on any atom is 0.294 e. The van der Waals surface area contributed by atoms with Crippen LogP contribution in [0.5, 0.6) is 0 Å². The molecule has 0 saturated carbocycles. The lowest BCUT2D eigenvalue weighted by atomic mass is 10.2. The van der Waals surface area contributed by atoms with E-state index in [0.717, 1.165) is 11.3 Å². The van der Waals surface area contributed by atoms with Crippen LogP contribution in [0, 0.1) is 0 Å². The van der Waals surface area contributed by atoms with Gasteiger partial charge in [-0.3, -0.25) is 9.59 Å². The van der Waals surface area contributed by atoms with Crippen LogP contribution in [-0.4, -0.2) is 29.8 Å². The smallest absolute Gasteiger partial charge is 0.294 e. The molecule has 0 radical (unpaired) electrons. The summed E-state index contributed by atoms with van der Waals surface area (Å²) in [5, 5.41) is 21.2. The third-order valence-corrected chi connectivity index (χ3v) is 5.63. The van der Waals surface area contributed by atoms with E-state index in [1.54, 1.807) is 60.7 Å². The van der Waals surface area contributed by atoms with E-state index in [0.29, 0.717) is 41.0 Å². The molecule has 9 heteroatoms. The van der Waals surface area contributed by atoms with Crippen molar-refractivity contribution in [3.8, 4) is 21.4 Å². The van der Waals surface area contributed by atoms with Gasteiger partial charge in [-0.15, -0.1) is 20.8 Å². The molecule has 2 aromatic carbocycles. The molecule has 5 rings (SSSR count). The van der Waals surface area contributed by atoms with Gasteiger partial charge in [-0.2, -0.15) is 0 Å². The summed E-state index contributed by atoms with van der Waals surface area (Å²) >= 11 is 1.14. The van der Waals surface area contributed by atoms with Crippen LogP contribution in [0.4, 0.5) is 0 Å². The maximum atomic E-state index is 12.4. The summed E-state index contributed by atoms with van der Waals surface area (Å²) in [7, 11) is 0. The Morgan fingerprint density at radius 1 is 0.655 bits per heavy atom. The van der Waals surface area contributed by atoms with Gasteiger partial charge in [0.25, 0.3) is 11.1 Å². The Hall–Kier alpha value is -3.98. The Morgan fingerprint density at radius 3 is 1.52 bits per heavy atom. The zero-order valence-corrected chi connectivity index (χ0v) is 15.5. The molecular formula is C20H12N4O4S. The summed E-state index contributed by atoms with van der Waals surface area (Å²) < 4.78 is 0.996. The Balaban J connectivity index is 1.70. The molecule has 0 amide bonds. The van der Waals surface area contributed by atoms with E-state index >= 15 is 0 Å². The standard InChI is InChI=1S/C20H12N4O4S/c25-19-11-5-1-3-7-13(11)21-17(23(19)27)15-9-10-16(29-15)18-22-14-8-4-2-6-12(14)20(26)24(18)28/h1-10,27-28H. The first-order valence-electron chi connectivity index (χ1n) is 8.57. The summed E-state index contributed by atoms with van der Waals surface area (Å²) in [6.07, 6.45) is 0. The molecule has 2 N–H and O–H groups in total. The Morgan fingerprint density at radius 2 is 1.07 bits per heavy atom. The number of para-hydroxylation sites is 2. The largest absolute Gasteiger partial charge is 0.423 e. The topological polar surface area (TPSA) is 110 Å². The Labute approximate surface area is 166 Å². The zero-order valence-electron chi connectivity index (χ0n) is 14.7. The zero-order chi connectivity index (χ0) is 20.1. The van der Waals surface area contributed by atoms with Gasteiger partial charge < -0.3 is 10.4 Å². The summed E-state index contributed by atoms with van der Waals surface area (Å²) in [6, 6.07) is 16.7. The van der Waals surface area contributed by atoms with Crippen LogP contribution >= 0.6 is 11.3 Å². The SMILES string of the molecule is O=c1c2ccccc2nc(-c2ccc(-c3nc4ccccc4c(=O)n3O)s2)n1O. The van der Waals surface area contributed by atoms with Crippen LogP contribution in [0.3, 0.4) is 0 Å². The number of rotatable bonds is 2. The van der Waals surface area contributed by atoms with E-state index in [-0.39, 0.29) is 11.6 Å². The van der Waals surface area contributed by atoms with Crippen molar-refractivity contribution in [3.05, 3.63) is 81.4 Å². The molecule has 0 atom stereocenters. The molecule has 8 nitrogen and oxygen atoms in total. The van der Waals surface area contributed by atoms with E-state index in [1.165, 1.54) is 0 Å². The molecule has 5 aromatic rings. The van der Waals surface area contributed by atoms with Crippen LogP contribution in [-0.2, 0) is 0 Å². The minimum Gasteiger partial charge on any atom is -0.423 e. The molecular weight excluding hydrogens is 392 g/mol. The molecule has 0 bridgehead atoms. The van der Waals surface area contributed by atoms with Crippen molar-refractivity contribution in [2.45, 2.75) is 0 Å². The van der Waals surface area contributed by atoms with Crippen molar-refractivity contribution in [1.29, 1.82) is 0 Å². The average molecular weight is 404 g/mol. The number of aromatic nitrogens is 4. The second-order valence-electron chi connectivity index (χ2n) is 6.30. The third-order valence-electron chi connectivity index (χ3n) is 4.55. The molecule has 142 valence electrons. The van der Waals surface area contributed by atoms with Crippen molar-refractivity contribution in [1.82, 2.24) is 19.4 Å². The second kappa shape index (κ2) is 6.28. The lowest BCUT2D eigenvalue weighted by Crippen LogP contribution is -2.21. The monoisotopic (exact) mass is 404 g/mol. The molecule has 0 saturated heterocycles. The fraction of sp³-hybridized carbons (Fsp3) is 0. The summed E-state index contributed by atoms with van der Waals surface area (Å²) in [4.78, 5) is 34.6. The average Bonchev–Trinajstić information content (AvgIpc) is 3.23. The normalized spacial score (nSPS) is 11.3. The van der Waals surface area contributed by atoms with Gasteiger partial charge in [-0.05, 0) is 36.4 Å². The number of nitrogens with zero attached hydrogens (tertiary/aromatic N) is 4. The van der Waals surface area contributed by atoms with Crippen molar-refractivity contribution in [2.75, 3.05) is 0 Å². The number of fused-ring (bicyclic) bond motifs is 2. The Kier molecular flexibility index (Phi) is 3.71. The number of hydrogen-bond donors (Lipinski definition) is 2. The molecule has 0 unspecified atom stereocenters. The van der Waals surface area contributed by atoms with Crippen LogP contribution in [0.15, 0.2) is 70.3 Å². The van der Waals surface area contributed by atoms with Gasteiger partial charge in [0.15, 0.2) is 11.6 Å². The van der Waals surface area contributed by atoms with Gasteiger partial charge in [0.2, 0.25) is 0 Å². The predicted molar refractivity (Wildman–Crippen MR) is 109 cm³/mol. The lowest BCUT2D eigenvalue weighted by molar-refractivity contribution is 0.178. The molecule has 3 heterocycles. The van der Waals surface area contributed by atoms with Crippen LogP contribution in [0.1, 0.15) is 0 Å². The van der Waals surface area contributed by atoms with Gasteiger partial charge in [0, 0.05) is 0 Å². The number of hydrogen-bond acceptors (Lipinski definition) is 7. The fourth-order valence-electron chi connectivity index (χ4n) is 3.14. The van der Waals surface area contributed by atoms with Gasteiger partial charge >= 0.3 is 0 Å². The highest BCUT2D eigenvalue weighted by Crippen LogP contribution is 2.32. The quantitative estimate of drug-likeness (QED) is 0.438. The first-order valence-corrected chi connectivity index (χ1v) is 9.39. The first-order chi connectivity index (χ1) is 14.0. The van der Waals surface area contributed by atoms with Gasteiger partial charge in [-0.1, -0.05) is 24.3 Å². The highest BCUT2D eigenvalue weighted by molar-refractivity contribution is 7.18. The highest BCUT2D eigenvalue weighted by Gasteiger charge is 2.18.